The zero-order valence-electron chi connectivity index (χ0n) is 11.2. The molecular weight excluding hydrogens is 286 g/mol. The maximum Gasteiger partial charge on any atom is 0.137 e. The molecule has 0 amide bonds. The summed E-state index contributed by atoms with van der Waals surface area (Å²) in [6.45, 7) is 0. The summed E-state index contributed by atoms with van der Waals surface area (Å²) in [6.07, 6.45) is 3.27. The van der Waals surface area contributed by atoms with E-state index in [9.17, 15) is 0 Å². The van der Waals surface area contributed by atoms with Gasteiger partial charge < -0.3 is 4.74 Å². The van der Waals surface area contributed by atoms with Crippen molar-refractivity contribution >= 4 is 22.6 Å². The van der Waals surface area contributed by atoms with Gasteiger partial charge in [-0.25, -0.2) is 0 Å². The third kappa shape index (κ3) is 2.39. The molecule has 0 spiro atoms. The molecule has 3 aromatic rings. The Bertz CT molecular complexity index is 871. The average Bonchev–Trinajstić information content (AvgIpc) is 2.53. The molecule has 3 rings (SSSR count). The van der Waals surface area contributed by atoms with E-state index in [4.69, 9.17) is 21.6 Å². The molecule has 21 heavy (non-hydrogen) atoms. The molecule has 0 saturated heterocycles. The van der Waals surface area contributed by atoms with E-state index >= 15 is 0 Å². The van der Waals surface area contributed by atoms with Gasteiger partial charge in [-0.05, 0) is 29.8 Å². The summed E-state index contributed by atoms with van der Waals surface area (Å²) in [5.41, 5.74) is 3.70. The summed E-state index contributed by atoms with van der Waals surface area (Å²) in [5, 5.41) is 9.64. The van der Waals surface area contributed by atoms with Gasteiger partial charge >= 0.3 is 0 Å². The maximum atomic E-state index is 9.05. The topological polar surface area (TPSA) is 58.8 Å². The normalized spacial score (nSPS) is 10.3. The van der Waals surface area contributed by atoms with Crippen molar-refractivity contribution in [3.05, 3.63) is 53.3 Å². The second-order valence-electron chi connectivity index (χ2n) is 4.40. The number of aromatic nitrogens is 2. The molecule has 0 N–H and O–H groups in total. The Morgan fingerprint density at radius 1 is 1.14 bits per heavy atom. The highest BCUT2D eigenvalue weighted by Gasteiger charge is 2.11. The molecule has 0 aliphatic heterocycles. The number of ether oxygens (including phenoxy) is 1. The lowest BCUT2D eigenvalue weighted by Crippen LogP contribution is -1.91. The van der Waals surface area contributed by atoms with E-state index in [2.05, 4.69) is 16.0 Å². The fourth-order valence-corrected chi connectivity index (χ4v) is 2.42. The molecule has 4 nitrogen and oxygen atoms in total. The van der Waals surface area contributed by atoms with Gasteiger partial charge in [-0.3, -0.25) is 9.97 Å². The van der Waals surface area contributed by atoms with E-state index in [1.165, 1.54) is 7.11 Å². The molecule has 1 aromatic heterocycles. The molecule has 0 saturated carbocycles. The first kappa shape index (κ1) is 13.3. The number of hydrogen-bond acceptors (Lipinski definition) is 4. The van der Waals surface area contributed by atoms with Crippen LogP contribution in [-0.2, 0) is 0 Å². The highest BCUT2D eigenvalue weighted by atomic mass is 35.5. The van der Waals surface area contributed by atoms with Gasteiger partial charge in [-0.15, -0.1) is 0 Å². The first-order chi connectivity index (χ1) is 10.2. The minimum Gasteiger partial charge on any atom is -0.495 e. The Hall–Kier alpha value is -2.64. The molecule has 0 atom stereocenters. The van der Waals surface area contributed by atoms with Gasteiger partial charge in [0, 0.05) is 23.0 Å². The van der Waals surface area contributed by atoms with Crippen LogP contribution in [-0.4, -0.2) is 17.1 Å². The van der Waals surface area contributed by atoms with Gasteiger partial charge in [0.05, 0.1) is 23.7 Å². The zero-order valence-corrected chi connectivity index (χ0v) is 11.9. The number of nitrogens with zero attached hydrogens (tertiary/aromatic N) is 3. The van der Waals surface area contributed by atoms with Gasteiger partial charge in [0.25, 0.3) is 0 Å². The number of rotatable bonds is 2. The van der Waals surface area contributed by atoms with Crippen molar-refractivity contribution in [2.75, 3.05) is 7.11 Å². The number of fused-ring (bicyclic) bond motifs is 1. The molecule has 0 unspecified atom stereocenters. The molecule has 0 fully saturated rings. The van der Waals surface area contributed by atoms with Gasteiger partial charge in [-0.1, -0.05) is 17.7 Å². The molecular formula is C16H10ClN3O. The van der Waals surface area contributed by atoms with Gasteiger partial charge in [0.2, 0.25) is 0 Å². The standard InChI is InChI=1S/C16H10ClN3O/c1-21-15-6-10(2-3-11(15)9-18)13-7-12(17)8-14-16(13)20-5-4-19-14/h2-8H,1H3. The number of hydrogen-bond donors (Lipinski definition) is 0. The van der Waals surface area contributed by atoms with Crippen molar-refractivity contribution in [3.63, 3.8) is 0 Å². The van der Waals surface area contributed by atoms with Crippen LogP contribution in [0.1, 0.15) is 5.56 Å². The van der Waals surface area contributed by atoms with Gasteiger partial charge in [0.1, 0.15) is 11.8 Å². The van der Waals surface area contributed by atoms with Gasteiger partial charge in [0.15, 0.2) is 0 Å². The Labute approximate surface area is 126 Å². The highest BCUT2D eigenvalue weighted by molar-refractivity contribution is 6.31. The Morgan fingerprint density at radius 3 is 2.71 bits per heavy atom. The Kier molecular flexibility index (Phi) is 3.43. The average molecular weight is 296 g/mol. The lowest BCUT2D eigenvalue weighted by atomic mass is 10.0. The lowest BCUT2D eigenvalue weighted by molar-refractivity contribution is 0.413. The monoisotopic (exact) mass is 295 g/mol. The number of benzene rings is 2. The van der Waals surface area contributed by atoms with Crippen molar-refractivity contribution in [3.8, 4) is 22.9 Å². The van der Waals surface area contributed by atoms with E-state index < -0.39 is 0 Å². The molecule has 102 valence electrons. The van der Waals surface area contributed by atoms with Crippen LogP contribution in [0.5, 0.6) is 5.75 Å². The van der Waals surface area contributed by atoms with E-state index in [1.54, 1.807) is 30.6 Å². The first-order valence-electron chi connectivity index (χ1n) is 6.21. The van der Waals surface area contributed by atoms with Crippen LogP contribution in [0.15, 0.2) is 42.7 Å². The second kappa shape index (κ2) is 5.39. The van der Waals surface area contributed by atoms with Crippen molar-refractivity contribution < 1.29 is 4.74 Å². The van der Waals surface area contributed by atoms with Crippen molar-refractivity contribution in [1.29, 1.82) is 5.26 Å². The SMILES string of the molecule is COc1cc(-c2cc(Cl)cc3nccnc23)ccc1C#N. The van der Waals surface area contributed by atoms with Crippen LogP contribution in [0.4, 0.5) is 0 Å². The fraction of sp³-hybridized carbons (Fsp3) is 0.0625. The van der Waals surface area contributed by atoms with E-state index in [-0.39, 0.29) is 0 Å². The minimum absolute atomic E-state index is 0.485. The summed E-state index contributed by atoms with van der Waals surface area (Å²) >= 11 is 6.15. The van der Waals surface area contributed by atoms with Crippen LogP contribution in [0.25, 0.3) is 22.2 Å². The smallest absolute Gasteiger partial charge is 0.137 e. The number of nitriles is 1. The van der Waals surface area contributed by atoms with E-state index in [1.807, 2.05) is 12.1 Å². The van der Waals surface area contributed by atoms with E-state index in [0.717, 1.165) is 22.2 Å². The van der Waals surface area contributed by atoms with Crippen LogP contribution in [0.3, 0.4) is 0 Å². The van der Waals surface area contributed by atoms with Crippen molar-refractivity contribution in [1.82, 2.24) is 9.97 Å². The summed E-state index contributed by atoms with van der Waals surface area (Å²) in [5.74, 6) is 0.520. The van der Waals surface area contributed by atoms with Crippen LogP contribution in [0.2, 0.25) is 5.02 Å². The van der Waals surface area contributed by atoms with Crippen LogP contribution >= 0.6 is 11.6 Å². The summed E-state index contributed by atoms with van der Waals surface area (Å²) in [4.78, 5) is 8.64. The molecule has 5 heteroatoms. The molecule has 0 bridgehead atoms. The minimum atomic E-state index is 0.485. The van der Waals surface area contributed by atoms with Crippen molar-refractivity contribution in [2.45, 2.75) is 0 Å². The third-order valence-corrected chi connectivity index (χ3v) is 3.39. The predicted octanol–water partition coefficient (Wildman–Crippen LogP) is 3.83. The van der Waals surface area contributed by atoms with Crippen LogP contribution in [0, 0.1) is 11.3 Å². The zero-order chi connectivity index (χ0) is 14.8. The predicted molar refractivity (Wildman–Crippen MR) is 81.3 cm³/mol. The molecule has 2 aromatic carbocycles. The van der Waals surface area contributed by atoms with Gasteiger partial charge in [-0.2, -0.15) is 5.26 Å². The summed E-state index contributed by atoms with van der Waals surface area (Å²) in [7, 11) is 1.54. The number of methoxy groups -OCH3 is 1. The molecule has 0 aliphatic rings. The molecule has 1 heterocycles. The van der Waals surface area contributed by atoms with Crippen LogP contribution < -0.4 is 4.74 Å². The van der Waals surface area contributed by atoms with Crippen molar-refractivity contribution in [2.24, 2.45) is 0 Å². The fourth-order valence-electron chi connectivity index (χ4n) is 2.21. The quantitative estimate of drug-likeness (QED) is 0.721. The van der Waals surface area contributed by atoms with E-state index in [0.29, 0.717) is 16.3 Å². The first-order valence-corrected chi connectivity index (χ1v) is 6.59. The lowest BCUT2D eigenvalue weighted by Gasteiger charge is -2.09. The summed E-state index contributed by atoms with van der Waals surface area (Å²) < 4.78 is 5.25. The Morgan fingerprint density at radius 2 is 1.95 bits per heavy atom. The Balaban J connectivity index is 2.28. The molecule has 0 radical (unpaired) electrons. The second-order valence-corrected chi connectivity index (χ2v) is 4.84. The largest absolute Gasteiger partial charge is 0.495 e. The third-order valence-electron chi connectivity index (χ3n) is 3.17. The molecule has 0 aliphatic carbocycles. The highest BCUT2D eigenvalue weighted by Crippen LogP contribution is 2.32. The maximum absolute atomic E-state index is 9.05. The number of halogens is 1. The summed E-state index contributed by atoms with van der Waals surface area (Å²) in [6, 6.07) is 11.1.